The average molecular weight is 237 g/mol. The number of ketones is 1. The van der Waals surface area contributed by atoms with Crippen LogP contribution in [0.25, 0.3) is 0 Å². The van der Waals surface area contributed by atoms with Crippen LogP contribution >= 0.6 is 0 Å². The number of halogens is 1. The molecule has 17 heavy (non-hydrogen) atoms. The molecule has 1 fully saturated rings. The maximum Gasteiger partial charge on any atom is 0.164 e. The fraction of sp³-hybridized carbons (Fsp3) is 0.462. The summed E-state index contributed by atoms with van der Waals surface area (Å²) in [4.78, 5) is 13.4. The van der Waals surface area contributed by atoms with Gasteiger partial charge < -0.3 is 9.64 Å². The van der Waals surface area contributed by atoms with Crippen LogP contribution in [-0.2, 0) is 4.74 Å². The summed E-state index contributed by atoms with van der Waals surface area (Å²) in [6.45, 7) is 2.74. The van der Waals surface area contributed by atoms with Gasteiger partial charge in [0.2, 0.25) is 0 Å². The Labute approximate surface area is 100 Å². The van der Waals surface area contributed by atoms with E-state index in [1.165, 1.54) is 13.0 Å². The minimum Gasteiger partial charge on any atom is -0.379 e. The fourth-order valence-electron chi connectivity index (χ4n) is 2.18. The largest absolute Gasteiger partial charge is 0.379 e. The van der Waals surface area contributed by atoms with E-state index < -0.39 is 5.82 Å². The van der Waals surface area contributed by atoms with Crippen LogP contribution < -0.4 is 4.90 Å². The molecule has 4 heteroatoms. The van der Waals surface area contributed by atoms with Gasteiger partial charge in [-0.2, -0.15) is 0 Å². The molecule has 1 saturated heterocycles. The van der Waals surface area contributed by atoms with Gasteiger partial charge in [0.05, 0.1) is 23.9 Å². The molecule has 1 atom stereocenters. The topological polar surface area (TPSA) is 29.5 Å². The van der Waals surface area contributed by atoms with Crippen LogP contribution in [0.15, 0.2) is 18.2 Å². The summed E-state index contributed by atoms with van der Waals surface area (Å²) in [5.74, 6) is -0.704. The van der Waals surface area contributed by atoms with Crippen LogP contribution in [0.2, 0.25) is 0 Å². The van der Waals surface area contributed by atoms with Crippen molar-refractivity contribution in [3.8, 4) is 0 Å². The number of Topliss-reactive ketones (excluding diaryl/α,β-unsaturated/α-hetero) is 1. The van der Waals surface area contributed by atoms with Crippen molar-refractivity contribution >= 4 is 11.5 Å². The Morgan fingerprint density at radius 1 is 1.53 bits per heavy atom. The number of carbonyl (C=O) groups excluding carboxylic acids is 1. The van der Waals surface area contributed by atoms with Crippen LogP contribution in [0.5, 0.6) is 0 Å². The Morgan fingerprint density at radius 2 is 2.29 bits per heavy atom. The molecule has 1 aromatic rings. The van der Waals surface area contributed by atoms with E-state index in [2.05, 4.69) is 0 Å². The lowest BCUT2D eigenvalue weighted by molar-refractivity contribution is 0.101. The summed E-state index contributed by atoms with van der Waals surface area (Å²) in [5, 5.41) is 0. The molecule has 1 unspecified atom stereocenters. The average Bonchev–Trinajstić information content (AvgIpc) is 2.80. The molecule has 0 aromatic heterocycles. The number of rotatable bonds is 3. The van der Waals surface area contributed by atoms with E-state index in [0.29, 0.717) is 12.3 Å². The Bertz CT molecular complexity index is 427. The summed E-state index contributed by atoms with van der Waals surface area (Å²) in [6.07, 6.45) is 0.907. The molecular formula is C13H16FNO2. The Morgan fingerprint density at radius 3 is 2.88 bits per heavy atom. The van der Waals surface area contributed by atoms with E-state index in [-0.39, 0.29) is 17.4 Å². The third-order valence-electron chi connectivity index (χ3n) is 3.18. The third-order valence-corrected chi connectivity index (χ3v) is 3.18. The summed E-state index contributed by atoms with van der Waals surface area (Å²) < 4.78 is 19.0. The highest BCUT2D eigenvalue weighted by molar-refractivity contribution is 6.00. The summed E-state index contributed by atoms with van der Waals surface area (Å²) in [5.41, 5.74) is 0.815. The van der Waals surface area contributed by atoms with Gasteiger partial charge in [-0.15, -0.1) is 0 Å². The van der Waals surface area contributed by atoms with Crippen LogP contribution in [0.1, 0.15) is 23.7 Å². The highest BCUT2D eigenvalue weighted by Crippen LogP contribution is 2.26. The Balaban J connectivity index is 2.36. The Hall–Kier alpha value is -1.42. The van der Waals surface area contributed by atoms with Crippen LogP contribution in [-0.4, -0.2) is 32.1 Å². The molecular weight excluding hydrogens is 221 g/mol. The summed E-state index contributed by atoms with van der Waals surface area (Å²) in [6, 6.07) is 4.94. The molecule has 0 N–H and O–H groups in total. The standard InChI is InChI=1S/C13H16FNO2/c1-9(16)13-11(14)4-3-5-12(13)15(2)10-6-7-17-8-10/h3-5,10H,6-8H2,1-2H3. The predicted molar refractivity (Wildman–Crippen MR) is 64.0 cm³/mol. The molecule has 92 valence electrons. The number of ether oxygens (including phenoxy) is 1. The minimum absolute atomic E-state index is 0.168. The molecule has 1 aliphatic rings. The molecule has 0 amide bonds. The normalized spacial score (nSPS) is 19.4. The van der Waals surface area contributed by atoms with Gasteiger partial charge in [-0.1, -0.05) is 6.07 Å². The first-order chi connectivity index (χ1) is 8.11. The van der Waals surface area contributed by atoms with Crippen LogP contribution in [0.4, 0.5) is 10.1 Å². The summed E-state index contributed by atoms with van der Waals surface area (Å²) in [7, 11) is 1.88. The molecule has 1 aliphatic heterocycles. The number of hydrogen-bond donors (Lipinski definition) is 0. The van der Waals surface area contributed by atoms with Crippen molar-refractivity contribution in [2.45, 2.75) is 19.4 Å². The van der Waals surface area contributed by atoms with Crippen LogP contribution in [0.3, 0.4) is 0 Å². The van der Waals surface area contributed by atoms with Gasteiger partial charge in [0.15, 0.2) is 5.78 Å². The van der Waals surface area contributed by atoms with Gasteiger partial charge >= 0.3 is 0 Å². The second kappa shape index (κ2) is 4.84. The number of benzene rings is 1. The Kier molecular flexibility index (Phi) is 3.43. The van der Waals surface area contributed by atoms with Crippen molar-refractivity contribution in [1.29, 1.82) is 0 Å². The van der Waals surface area contributed by atoms with E-state index in [0.717, 1.165) is 13.0 Å². The van der Waals surface area contributed by atoms with E-state index in [1.807, 2.05) is 11.9 Å². The first kappa shape index (κ1) is 12.0. The molecule has 1 heterocycles. The lowest BCUT2D eigenvalue weighted by atomic mass is 10.1. The van der Waals surface area contributed by atoms with Crippen molar-refractivity contribution in [1.82, 2.24) is 0 Å². The number of hydrogen-bond acceptors (Lipinski definition) is 3. The zero-order valence-corrected chi connectivity index (χ0v) is 10.1. The highest BCUT2D eigenvalue weighted by atomic mass is 19.1. The molecule has 0 bridgehead atoms. The number of carbonyl (C=O) groups is 1. The molecule has 3 nitrogen and oxygen atoms in total. The second-order valence-corrected chi connectivity index (χ2v) is 4.32. The fourth-order valence-corrected chi connectivity index (χ4v) is 2.18. The number of nitrogens with zero attached hydrogens (tertiary/aromatic N) is 1. The minimum atomic E-state index is -0.458. The van der Waals surface area contributed by atoms with Gasteiger partial charge in [0.25, 0.3) is 0 Å². The van der Waals surface area contributed by atoms with Crippen molar-refractivity contribution in [3.05, 3.63) is 29.6 Å². The molecule has 0 aliphatic carbocycles. The lowest BCUT2D eigenvalue weighted by Gasteiger charge is -2.27. The van der Waals surface area contributed by atoms with Gasteiger partial charge in [0, 0.05) is 13.7 Å². The SMILES string of the molecule is CC(=O)c1c(F)cccc1N(C)C1CCOC1. The smallest absolute Gasteiger partial charge is 0.164 e. The molecule has 0 radical (unpaired) electrons. The van der Waals surface area contributed by atoms with Crippen molar-refractivity contribution in [3.63, 3.8) is 0 Å². The second-order valence-electron chi connectivity index (χ2n) is 4.32. The maximum atomic E-state index is 13.7. The van der Waals surface area contributed by atoms with E-state index >= 15 is 0 Å². The van der Waals surface area contributed by atoms with Crippen molar-refractivity contribution in [2.75, 3.05) is 25.2 Å². The first-order valence-corrected chi connectivity index (χ1v) is 5.71. The highest BCUT2D eigenvalue weighted by Gasteiger charge is 2.24. The zero-order valence-electron chi connectivity index (χ0n) is 10.1. The first-order valence-electron chi connectivity index (χ1n) is 5.71. The quantitative estimate of drug-likeness (QED) is 0.755. The molecule has 2 rings (SSSR count). The van der Waals surface area contributed by atoms with E-state index in [1.54, 1.807) is 12.1 Å². The van der Waals surface area contributed by atoms with Gasteiger partial charge in [0.1, 0.15) is 5.82 Å². The maximum absolute atomic E-state index is 13.7. The molecule has 0 saturated carbocycles. The number of anilines is 1. The van der Waals surface area contributed by atoms with Gasteiger partial charge in [-0.05, 0) is 25.5 Å². The lowest BCUT2D eigenvalue weighted by Crippen LogP contribution is -2.33. The molecule has 1 aromatic carbocycles. The summed E-state index contributed by atoms with van der Waals surface area (Å²) >= 11 is 0. The van der Waals surface area contributed by atoms with Crippen molar-refractivity contribution in [2.24, 2.45) is 0 Å². The molecule has 0 spiro atoms. The zero-order chi connectivity index (χ0) is 12.4. The monoisotopic (exact) mass is 237 g/mol. The van der Waals surface area contributed by atoms with E-state index in [4.69, 9.17) is 4.74 Å². The van der Waals surface area contributed by atoms with E-state index in [9.17, 15) is 9.18 Å². The third kappa shape index (κ3) is 2.31. The predicted octanol–water partition coefficient (Wildman–Crippen LogP) is 2.25. The van der Waals surface area contributed by atoms with Crippen LogP contribution in [0, 0.1) is 5.82 Å². The van der Waals surface area contributed by atoms with Gasteiger partial charge in [-0.25, -0.2) is 4.39 Å². The van der Waals surface area contributed by atoms with Gasteiger partial charge in [-0.3, -0.25) is 4.79 Å². The van der Waals surface area contributed by atoms with Crippen molar-refractivity contribution < 1.29 is 13.9 Å². The number of likely N-dealkylation sites (N-methyl/N-ethyl adjacent to an activating group) is 1.